The minimum atomic E-state index is 0.720. The molecule has 1 aromatic heterocycles. The van der Waals surface area contributed by atoms with Crippen molar-refractivity contribution in [2.45, 2.75) is 31.8 Å². The van der Waals surface area contributed by atoms with Gasteiger partial charge in [-0.3, -0.25) is 0 Å². The molecule has 92 valence electrons. The number of hydrogen-bond acceptors (Lipinski definition) is 3. The van der Waals surface area contributed by atoms with Gasteiger partial charge < -0.3 is 5.32 Å². The van der Waals surface area contributed by atoms with E-state index in [1.165, 1.54) is 18.4 Å². The Morgan fingerprint density at radius 1 is 1.11 bits per heavy atom. The third kappa shape index (κ3) is 3.14. The highest BCUT2D eigenvalue weighted by Crippen LogP contribution is 2.19. The van der Waals surface area contributed by atoms with Gasteiger partial charge in [0.05, 0.1) is 5.69 Å². The Labute approximate surface area is 107 Å². The lowest BCUT2D eigenvalue weighted by molar-refractivity contribution is 0.668. The first-order chi connectivity index (χ1) is 8.90. The van der Waals surface area contributed by atoms with Crippen molar-refractivity contribution >= 4 is 0 Å². The average molecular weight is 239 g/mol. The van der Waals surface area contributed by atoms with E-state index in [0.717, 1.165) is 30.5 Å². The SMILES string of the molecule is c1ccc(Cc2nccc(CNC3CC3)n2)cc1. The maximum atomic E-state index is 4.59. The smallest absolute Gasteiger partial charge is 0.132 e. The second-order valence-corrected chi connectivity index (χ2v) is 4.78. The quantitative estimate of drug-likeness (QED) is 0.870. The largest absolute Gasteiger partial charge is 0.308 e. The second-order valence-electron chi connectivity index (χ2n) is 4.78. The number of rotatable bonds is 5. The lowest BCUT2D eigenvalue weighted by atomic mass is 10.1. The Hall–Kier alpha value is -1.74. The molecule has 3 rings (SSSR count). The molecule has 1 saturated carbocycles. The minimum absolute atomic E-state index is 0.720. The zero-order valence-electron chi connectivity index (χ0n) is 10.3. The fourth-order valence-electron chi connectivity index (χ4n) is 1.94. The molecule has 0 unspecified atom stereocenters. The fourth-order valence-corrected chi connectivity index (χ4v) is 1.94. The van der Waals surface area contributed by atoms with Crippen molar-refractivity contribution in [1.29, 1.82) is 0 Å². The maximum Gasteiger partial charge on any atom is 0.132 e. The van der Waals surface area contributed by atoms with Gasteiger partial charge in [-0.2, -0.15) is 0 Å². The van der Waals surface area contributed by atoms with Gasteiger partial charge in [0.15, 0.2) is 0 Å². The van der Waals surface area contributed by atoms with E-state index < -0.39 is 0 Å². The van der Waals surface area contributed by atoms with E-state index in [-0.39, 0.29) is 0 Å². The molecule has 1 aliphatic carbocycles. The van der Waals surface area contributed by atoms with Gasteiger partial charge in [-0.15, -0.1) is 0 Å². The van der Waals surface area contributed by atoms with Crippen molar-refractivity contribution in [2.75, 3.05) is 0 Å². The van der Waals surface area contributed by atoms with E-state index in [9.17, 15) is 0 Å². The highest BCUT2D eigenvalue weighted by molar-refractivity contribution is 5.19. The summed E-state index contributed by atoms with van der Waals surface area (Å²) in [6.45, 7) is 0.856. The van der Waals surface area contributed by atoms with Crippen LogP contribution in [0.3, 0.4) is 0 Å². The fraction of sp³-hybridized carbons (Fsp3) is 0.333. The standard InChI is InChI=1S/C15H17N3/c1-2-4-12(5-3-1)10-15-16-9-8-14(18-15)11-17-13-6-7-13/h1-5,8-9,13,17H,6-7,10-11H2. The first kappa shape index (κ1) is 11.4. The van der Waals surface area contributed by atoms with Crippen molar-refractivity contribution in [3.05, 3.63) is 59.7 Å². The van der Waals surface area contributed by atoms with Gasteiger partial charge in [0.25, 0.3) is 0 Å². The summed E-state index contributed by atoms with van der Waals surface area (Å²) >= 11 is 0. The number of nitrogens with one attached hydrogen (secondary N) is 1. The summed E-state index contributed by atoms with van der Waals surface area (Å²) in [6, 6.07) is 13.1. The molecule has 1 N–H and O–H groups in total. The van der Waals surface area contributed by atoms with Gasteiger partial charge in [0, 0.05) is 25.2 Å². The molecule has 1 aromatic carbocycles. The number of hydrogen-bond donors (Lipinski definition) is 1. The molecule has 0 radical (unpaired) electrons. The van der Waals surface area contributed by atoms with Crippen LogP contribution < -0.4 is 5.32 Å². The van der Waals surface area contributed by atoms with E-state index in [0.29, 0.717) is 0 Å². The Balaban J connectivity index is 1.66. The first-order valence-electron chi connectivity index (χ1n) is 6.48. The van der Waals surface area contributed by atoms with Crippen LogP contribution in [0.15, 0.2) is 42.6 Å². The lowest BCUT2D eigenvalue weighted by Gasteiger charge is -2.05. The van der Waals surface area contributed by atoms with Crippen LogP contribution in [0.25, 0.3) is 0 Å². The highest BCUT2D eigenvalue weighted by Gasteiger charge is 2.20. The zero-order chi connectivity index (χ0) is 12.2. The predicted molar refractivity (Wildman–Crippen MR) is 71.1 cm³/mol. The summed E-state index contributed by atoms with van der Waals surface area (Å²) in [5.74, 6) is 0.899. The maximum absolute atomic E-state index is 4.59. The number of nitrogens with zero attached hydrogens (tertiary/aromatic N) is 2. The number of benzene rings is 1. The van der Waals surface area contributed by atoms with Gasteiger partial charge in [-0.05, 0) is 24.5 Å². The summed E-state index contributed by atoms with van der Waals surface area (Å²) in [4.78, 5) is 8.93. The Morgan fingerprint density at radius 3 is 2.72 bits per heavy atom. The van der Waals surface area contributed by atoms with Crippen molar-refractivity contribution in [1.82, 2.24) is 15.3 Å². The highest BCUT2D eigenvalue weighted by atomic mass is 15.0. The molecule has 2 aromatic rings. The molecule has 18 heavy (non-hydrogen) atoms. The lowest BCUT2D eigenvalue weighted by Crippen LogP contribution is -2.16. The number of aromatic nitrogens is 2. The van der Waals surface area contributed by atoms with E-state index in [1.807, 2.05) is 30.5 Å². The summed E-state index contributed by atoms with van der Waals surface area (Å²) < 4.78 is 0. The van der Waals surface area contributed by atoms with Gasteiger partial charge in [-0.25, -0.2) is 9.97 Å². The monoisotopic (exact) mass is 239 g/mol. The van der Waals surface area contributed by atoms with Gasteiger partial charge in [-0.1, -0.05) is 30.3 Å². The molecule has 1 heterocycles. The molecular formula is C15H17N3. The zero-order valence-corrected chi connectivity index (χ0v) is 10.3. The van der Waals surface area contributed by atoms with Crippen LogP contribution in [0.4, 0.5) is 0 Å². The molecule has 3 nitrogen and oxygen atoms in total. The molecule has 1 fully saturated rings. The topological polar surface area (TPSA) is 37.8 Å². The molecule has 0 aliphatic heterocycles. The first-order valence-corrected chi connectivity index (χ1v) is 6.48. The molecule has 3 heteroatoms. The van der Waals surface area contributed by atoms with Gasteiger partial charge >= 0.3 is 0 Å². The molecule has 1 aliphatic rings. The molecule has 0 atom stereocenters. The molecular weight excluding hydrogens is 222 g/mol. The third-order valence-corrected chi connectivity index (χ3v) is 3.12. The Morgan fingerprint density at radius 2 is 1.94 bits per heavy atom. The Bertz CT molecular complexity index is 506. The van der Waals surface area contributed by atoms with Gasteiger partial charge in [0.1, 0.15) is 5.82 Å². The predicted octanol–water partition coefficient (Wildman–Crippen LogP) is 2.32. The average Bonchev–Trinajstić information content (AvgIpc) is 3.22. The van der Waals surface area contributed by atoms with E-state index in [4.69, 9.17) is 0 Å². The summed E-state index contributed by atoms with van der Waals surface area (Å²) in [7, 11) is 0. The van der Waals surface area contributed by atoms with Crippen LogP contribution in [-0.2, 0) is 13.0 Å². The summed E-state index contributed by atoms with van der Waals surface area (Å²) in [6.07, 6.45) is 5.28. The van der Waals surface area contributed by atoms with Crippen molar-refractivity contribution in [2.24, 2.45) is 0 Å². The van der Waals surface area contributed by atoms with Crippen molar-refractivity contribution in [3.8, 4) is 0 Å². The van der Waals surface area contributed by atoms with E-state index in [2.05, 4.69) is 27.4 Å². The molecule has 0 bridgehead atoms. The van der Waals surface area contributed by atoms with Crippen LogP contribution >= 0.6 is 0 Å². The summed E-state index contributed by atoms with van der Waals surface area (Å²) in [5, 5.41) is 3.47. The van der Waals surface area contributed by atoms with Crippen LogP contribution in [0.1, 0.15) is 29.9 Å². The Kier molecular flexibility index (Phi) is 3.33. The molecule has 0 spiro atoms. The third-order valence-electron chi connectivity index (χ3n) is 3.12. The van der Waals surface area contributed by atoms with E-state index in [1.54, 1.807) is 0 Å². The minimum Gasteiger partial charge on any atom is -0.308 e. The van der Waals surface area contributed by atoms with Crippen LogP contribution in [0, 0.1) is 0 Å². The van der Waals surface area contributed by atoms with Crippen LogP contribution in [0.2, 0.25) is 0 Å². The van der Waals surface area contributed by atoms with Gasteiger partial charge in [0.2, 0.25) is 0 Å². The molecule has 0 saturated heterocycles. The normalized spacial score (nSPS) is 14.7. The van der Waals surface area contributed by atoms with Crippen LogP contribution in [0.5, 0.6) is 0 Å². The second kappa shape index (κ2) is 5.27. The molecule has 0 amide bonds. The van der Waals surface area contributed by atoms with Crippen molar-refractivity contribution < 1.29 is 0 Å². The van der Waals surface area contributed by atoms with Crippen LogP contribution in [-0.4, -0.2) is 16.0 Å². The summed E-state index contributed by atoms with van der Waals surface area (Å²) in [5.41, 5.74) is 2.34. The van der Waals surface area contributed by atoms with Crippen molar-refractivity contribution in [3.63, 3.8) is 0 Å². The van der Waals surface area contributed by atoms with E-state index >= 15 is 0 Å².